The summed E-state index contributed by atoms with van der Waals surface area (Å²) in [6.07, 6.45) is 4.14. The number of thioether (sulfide) groups is 1. The summed E-state index contributed by atoms with van der Waals surface area (Å²) >= 11 is 25.2. The second-order valence-corrected chi connectivity index (χ2v) is 29.7. The number of carboxylic acid groups (broad SMARTS) is 1. The average Bonchev–Trinajstić information content (AvgIpc) is 1.32. The highest BCUT2D eigenvalue weighted by molar-refractivity contribution is 8.00. The monoisotopic (exact) mass is 1470 g/mol. The molecular weight excluding hydrogens is 1390 g/mol. The number of sulfone groups is 1. The van der Waals surface area contributed by atoms with Crippen molar-refractivity contribution in [3.05, 3.63) is 125 Å². The Hall–Kier alpha value is -6.37. The molecule has 2 amide bonds. The minimum atomic E-state index is -3.70. The molecule has 25 nitrogen and oxygen atoms in total. The third kappa shape index (κ3) is 22.9. The number of aromatic nitrogens is 2. The molecular formula is C60H73Cl4FN7O18PS3. The van der Waals surface area contributed by atoms with Gasteiger partial charge in [-0.1, -0.05) is 72.1 Å². The molecule has 94 heavy (non-hydrogen) atoms. The fraction of sp³-hybridized carbons (Fsp3) is 0.450. The first-order chi connectivity index (χ1) is 44.1. The molecule has 0 bridgehead atoms. The number of esters is 1. The van der Waals surface area contributed by atoms with Crippen LogP contribution in [0.4, 0.5) is 27.1 Å². The van der Waals surface area contributed by atoms with Crippen LogP contribution in [0.5, 0.6) is 5.75 Å². The normalized spacial score (nSPS) is 15.8. The third-order valence-corrected chi connectivity index (χ3v) is 19.2. The van der Waals surface area contributed by atoms with Crippen LogP contribution in [-0.2, 0) is 72.2 Å². The number of hydrogen-bond acceptors (Lipinski definition) is 20. The predicted octanol–water partition coefficient (Wildman–Crippen LogP) is 9.37. The van der Waals surface area contributed by atoms with Crippen LogP contribution < -0.4 is 29.9 Å². The second kappa shape index (κ2) is 37.2. The van der Waals surface area contributed by atoms with E-state index in [1.54, 1.807) is 26.3 Å². The summed E-state index contributed by atoms with van der Waals surface area (Å²) in [5.41, 5.74) is 7.94. The van der Waals surface area contributed by atoms with Crippen LogP contribution in [0.1, 0.15) is 80.8 Å². The molecule has 1 aromatic heterocycles. The van der Waals surface area contributed by atoms with E-state index in [1.807, 2.05) is 57.2 Å². The number of rotatable bonds is 19. The molecule has 3 heterocycles. The Kier molecular flexibility index (Phi) is 31.7. The Morgan fingerprint density at radius 1 is 1.00 bits per heavy atom. The molecule has 514 valence electrons. The summed E-state index contributed by atoms with van der Waals surface area (Å²) < 4.78 is 66.6. The van der Waals surface area contributed by atoms with Gasteiger partial charge < -0.3 is 39.7 Å². The number of ether oxygens (including phenoxy) is 3. The maximum absolute atomic E-state index is 14.3. The van der Waals surface area contributed by atoms with Crippen molar-refractivity contribution in [2.45, 2.75) is 118 Å². The van der Waals surface area contributed by atoms with E-state index in [0.29, 0.717) is 48.2 Å². The van der Waals surface area contributed by atoms with Crippen LogP contribution >= 0.6 is 76.9 Å². The molecule has 1 saturated carbocycles. The number of nitrogens with zero attached hydrogens (tertiary/aromatic N) is 6. The van der Waals surface area contributed by atoms with Gasteiger partial charge in [0.05, 0.1) is 63.3 Å². The standard InChI is InChI=1S/C15H15ClFN3O3S2.C15H22ClNO2.C14H13NO7S.C11H11Cl2NO2.C5H12NO4P/c1-23-13(21)8-24-12-7-11(10(17)6-9(12)16)18-14-19-4-2-3-5-20(19)15(22)25-14;1-5-13-8-6-7-11(2)15(13)17(14(18)9-16)12(3)10-19-4;1-23(21,22)8-5-6-9(10(7-8)15(19)20)14(18)13-11(16)3-2-4-12(13)17;1-7-6-16-9-5-3-2-4-8(9)14(7)11(15)10(12)13;1-11(9,10)3-2-4(6)5(7)8/h6-7H,2-5,8H2,1H3;6-8,12H,5,9-10H2,1-4H3;5-7,13H,2-4H2,1H3;2-5,7,10H,6H2,1H3;4H,2-3,6H2,1H3,(H,7,8)(H,9,10). The van der Waals surface area contributed by atoms with Crippen molar-refractivity contribution in [3.63, 3.8) is 0 Å². The molecule has 3 aliphatic rings. The molecule has 0 spiro atoms. The lowest BCUT2D eigenvalue weighted by atomic mass is 9.81. The number of halogens is 5. The molecule has 4 aromatic carbocycles. The van der Waals surface area contributed by atoms with Gasteiger partial charge in [0.15, 0.2) is 39.4 Å². The van der Waals surface area contributed by atoms with Crippen LogP contribution in [0.25, 0.3) is 0 Å². The maximum atomic E-state index is 14.3. The Morgan fingerprint density at radius 3 is 2.20 bits per heavy atom. The lowest BCUT2D eigenvalue weighted by Gasteiger charge is -2.35. The van der Waals surface area contributed by atoms with Gasteiger partial charge in [0.2, 0.25) is 10.7 Å². The largest absolute Gasteiger partial charge is 0.489 e. The van der Waals surface area contributed by atoms with Gasteiger partial charge in [-0.25, -0.2) is 22.5 Å². The number of carboxylic acids is 1. The molecule has 2 aliphatic heterocycles. The highest BCUT2D eigenvalue weighted by Gasteiger charge is 2.39. The van der Waals surface area contributed by atoms with E-state index in [4.69, 9.17) is 71.6 Å². The number of ketones is 3. The Bertz CT molecular complexity index is 3870. The van der Waals surface area contributed by atoms with E-state index in [9.17, 15) is 65.8 Å². The van der Waals surface area contributed by atoms with Gasteiger partial charge in [-0.15, -0.1) is 23.4 Å². The van der Waals surface area contributed by atoms with Gasteiger partial charge >= 0.3 is 16.8 Å². The highest BCUT2D eigenvalue weighted by atomic mass is 35.5. The van der Waals surface area contributed by atoms with Gasteiger partial charge in [-0.05, 0) is 112 Å². The molecule has 34 heteroatoms. The van der Waals surface area contributed by atoms with E-state index in [1.165, 1.54) is 19.8 Å². The Morgan fingerprint density at radius 2 is 1.64 bits per heavy atom. The molecule has 1 fully saturated rings. The molecule has 4 N–H and O–H groups in total. The molecule has 4 unspecified atom stereocenters. The minimum absolute atomic E-state index is 0.0223. The summed E-state index contributed by atoms with van der Waals surface area (Å²) in [6.45, 7) is 11.4. The number of alkyl halides is 3. The lowest BCUT2D eigenvalue weighted by molar-refractivity contribution is -0.385. The Balaban J connectivity index is 0.000000256. The fourth-order valence-corrected chi connectivity index (χ4v) is 13.2. The molecule has 5 aromatic rings. The van der Waals surface area contributed by atoms with Crippen LogP contribution in [0.15, 0.2) is 92.4 Å². The summed E-state index contributed by atoms with van der Waals surface area (Å²) in [5.74, 6) is -5.42. The average molecular weight is 1470 g/mol. The maximum Gasteiger partial charge on any atom is 0.325 e. The van der Waals surface area contributed by atoms with Crippen molar-refractivity contribution in [1.29, 1.82) is 0 Å². The summed E-state index contributed by atoms with van der Waals surface area (Å²) in [5, 5.41) is 19.6. The van der Waals surface area contributed by atoms with Gasteiger partial charge in [-0.3, -0.25) is 57.7 Å². The fourth-order valence-electron chi connectivity index (χ4n) is 9.45. The van der Waals surface area contributed by atoms with E-state index in [2.05, 4.69) is 22.7 Å². The zero-order valence-electron chi connectivity index (χ0n) is 52.5. The number of aliphatic carboxylic acids is 1. The van der Waals surface area contributed by atoms with Crippen molar-refractivity contribution in [2.75, 3.05) is 67.9 Å². The lowest BCUT2D eigenvalue weighted by Crippen LogP contribution is -2.47. The van der Waals surface area contributed by atoms with Gasteiger partial charge in [0.1, 0.15) is 41.7 Å². The van der Waals surface area contributed by atoms with Crippen LogP contribution in [-0.4, -0.2) is 155 Å². The van der Waals surface area contributed by atoms with Crippen molar-refractivity contribution >= 4 is 151 Å². The summed E-state index contributed by atoms with van der Waals surface area (Å²) in [7, 11) is -3.87. The topological polar surface area (TPSA) is 354 Å². The van der Waals surface area contributed by atoms with E-state index in [0.717, 1.165) is 95.4 Å². The van der Waals surface area contributed by atoms with Crippen molar-refractivity contribution in [1.82, 2.24) is 9.36 Å². The van der Waals surface area contributed by atoms with E-state index >= 15 is 0 Å². The number of carbonyl (C=O) groups is 7. The van der Waals surface area contributed by atoms with Crippen LogP contribution in [0.3, 0.4) is 0 Å². The summed E-state index contributed by atoms with van der Waals surface area (Å²) in [6, 6.07) is 17.7. The second-order valence-electron chi connectivity index (χ2n) is 21.4. The number of fused-ring (bicyclic) bond motifs is 2. The first-order valence-corrected chi connectivity index (χ1v) is 36.6. The number of para-hydroxylation sites is 3. The smallest absolute Gasteiger partial charge is 0.325 e. The third-order valence-electron chi connectivity index (χ3n) is 14.1. The quantitative estimate of drug-likeness (QED) is 0.0101. The number of nitro benzene ring substituents is 1. The number of aryl methyl sites for hydroxylation is 2. The number of Topliss-reactive ketones (excluding diaryl/α,β-unsaturated/α-hetero) is 3. The number of anilines is 2. The molecule has 8 rings (SSSR count). The number of hydrogen-bond donors (Lipinski definition) is 3. The number of nitrogens with two attached hydrogens (primary N) is 1. The SMILES string of the molecule is CC1COc2ccccc2N1C(=O)C(Cl)Cl.CCc1cccc(C)c1N(C(=O)CCl)C(C)COC.COC(=O)CSc1cc(N=c2sc(=O)n3n2CCCC3)c(F)cc1Cl.CP(=O)(O)CCC(N)C(=O)O.CS(=O)(=O)c1ccc(C(=O)C2C(=O)CCCC2=O)c([N+](=O)[O-])c1. The zero-order chi connectivity index (χ0) is 70.5. The van der Waals surface area contributed by atoms with E-state index < -0.39 is 85.3 Å². The van der Waals surface area contributed by atoms with Crippen LogP contribution in [0, 0.1) is 28.8 Å². The van der Waals surface area contributed by atoms with Gasteiger partial charge in [0.25, 0.3) is 11.6 Å². The van der Waals surface area contributed by atoms with Gasteiger partial charge in [-0.2, -0.15) is 0 Å². The van der Waals surface area contributed by atoms with E-state index in [-0.39, 0.29) is 81.4 Å². The van der Waals surface area contributed by atoms with Crippen LogP contribution in [0.2, 0.25) is 5.02 Å². The molecule has 4 atom stereocenters. The molecule has 1 aliphatic carbocycles. The number of amides is 2. The van der Waals surface area contributed by atoms with Crippen molar-refractivity contribution in [3.8, 4) is 5.75 Å². The molecule has 0 saturated heterocycles. The van der Waals surface area contributed by atoms with Crippen molar-refractivity contribution < 1.29 is 80.1 Å². The number of methoxy groups -OCH3 is 2. The minimum Gasteiger partial charge on any atom is -0.489 e. The number of benzene rings is 4. The van der Waals surface area contributed by atoms with Gasteiger partial charge in [0, 0.05) is 63.1 Å². The highest BCUT2D eigenvalue weighted by Crippen LogP contribution is 2.37. The zero-order valence-corrected chi connectivity index (χ0v) is 58.8. The Labute approximate surface area is 570 Å². The first kappa shape index (κ1) is 80.1. The summed E-state index contributed by atoms with van der Waals surface area (Å²) in [4.78, 5) is 120. The molecule has 0 radical (unpaired) electrons. The first-order valence-electron chi connectivity index (χ1n) is 28.8. The number of carbonyl (C=O) groups excluding carboxylic acids is 6. The van der Waals surface area contributed by atoms with Crippen molar-refractivity contribution in [2.24, 2.45) is 16.6 Å². The number of nitro groups is 1. The predicted molar refractivity (Wildman–Crippen MR) is 358 cm³/mol.